The Bertz CT molecular complexity index is 4260. The Labute approximate surface area is 609 Å². The van der Waals surface area contributed by atoms with Crippen molar-refractivity contribution in [1.29, 1.82) is 0 Å². The number of nitrogens with two attached hydrogens (primary N) is 2. The van der Waals surface area contributed by atoms with Gasteiger partial charge in [-0.25, -0.2) is 4.39 Å². The van der Waals surface area contributed by atoms with Crippen LogP contribution in [-0.2, 0) is 113 Å². The molecule has 0 aliphatic carbocycles. The number of fused-ring (bicyclic) bond motifs is 4. The molecule has 9 rings (SSSR count). The van der Waals surface area contributed by atoms with Crippen molar-refractivity contribution in [3.8, 4) is 0 Å². The second-order valence-corrected chi connectivity index (χ2v) is 26.9. The summed E-state index contributed by atoms with van der Waals surface area (Å²) in [6, 6.07) is 15.7. The molecule has 12 amide bonds. The van der Waals surface area contributed by atoms with Gasteiger partial charge in [0.2, 0.25) is 47.3 Å². The van der Waals surface area contributed by atoms with Crippen molar-refractivity contribution in [2.24, 2.45) is 30.4 Å². The minimum atomic E-state index is -2.01. The first-order chi connectivity index (χ1) is 50.8. The molecule has 1 unspecified atom stereocenters. The maximum absolute atomic E-state index is 15.2. The predicted molar refractivity (Wildman–Crippen MR) is 378 cm³/mol. The second-order valence-electron chi connectivity index (χ2n) is 26.9. The first-order valence-electron chi connectivity index (χ1n) is 35.1. The van der Waals surface area contributed by atoms with Gasteiger partial charge in [0.15, 0.2) is 17.6 Å². The number of carbonyl (C=O) groups excluding carboxylic acids is 14. The lowest BCUT2D eigenvalue weighted by Crippen LogP contribution is -2.60. The van der Waals surface area contributed by atoms with E-state index in [9.17, 15) is 57.1 Å². The molecule has 0 radical (unpaired) electrons. The van der Waals surface area contributed by atoms with Crippen molar-refractivity contribution >= 4 is 93.4 Å². The highest BCUT2D eigenvalue weighted by molar-refractivity contribution is 6.24. The van der Waals surface area contributed by atoms with E-state index >= 15 is 14.4 Å². The molecule has 32 heteroatoms. The van der Waals surface area contributed by atoms with Crippen LogP contribution in [0.25, 0.3) is 10.9 Å². The van der Waals surface area contributed by atoms with Gasteiger partial charge in [-0.1, -0.05) is 91.9 Å². The monoisotopic (exact) mass is 1460 g/mol. The molecule has 2 bridgehead atoms. The van der Waals surface area contributed by atoms with Crippen LogP contribution in [0.15, 0.2) is 109 Å². The number of nitrogens with zero attached hydrogens (tertiary/aromatic N) is 5. The first-order valence-corrected chi connectivity index (χ1v) is 35.1. The maximum atomic E-state index is 15.2. The number of hydrogen-bond acceptors (Lipinski definition) is 19. The van der Waals surface area contributed by atoms with Gasteiger partial charge >= 0.3 is 0 Å². The van der Waals surface area contributed by atoms with Crippen LogP contribution in [0.5, 0.6) is 0 Å². The number of piperidine rings is 1. The van der Waals surface area contributed by atoms with E-state index in [1.54, 1.807) is 50.4 Å². The molecular weight excluding hydrogens is 1370 g/mol. The SMILES string of the molecule is CC(C)C[C@H]1NC(=O)[C@@H](C(=O)NCCOCCOCCC(=O)NCC(=O)Cc2cccc3c2C(=O)N(C2CCC(=O)NC2=O)C3=O)NC(=O)[C@@H](N)Cc2cn(nn2)CCCC[C@@H](C(N)=O)NC(=O)[C@@H](Cc2ccc(F)cc2)NC(=O)[C@@H](Cc2cn(C)c3ccccc23)NC(=O)[C@@H](Cc2ccccc2)CC1=O. The molecule has 5 heterocycles. The quantitative estimate of drug-likeness (QED) is 0.0218. The summed E-state index contributed by atoms with van der Waals surface area (Å²) in [5.74, 6) is -12.9. The number of benzene rings is 4. The van der Waals surface area contributed by atoms with Gasteiger partial charge in [-0.15, -0.1) is 5.10 Å². The number of Topliss-reactive ketones (excluding diaryl/α,β-unsaturated/α-hetero) is 2. The Morgan fingerprint density at radius 1 is 0.660 bits per heavy atom. The highest BCUT2D eigenvalue weighted by atomic mass is 19.1. The van der Waals surface area contributed by atoms with Crippen molar-refractivity contribution in [2.75, 3.05) is 39.5 Å². The van der Waals surface area contributed by atoms with Crippen molar-refractivity contribution in [3.63, 3.8) is 0 Å². The van der Waals surface area contributed by atoms with Crippen LogP contribution in [0, 0.1) is 17.7 Å². The molecule has 31 nitrogen and oxygen atoms in total. The van der Waals surface area contributed by atoms with Crippen molar-refractivity contribution in [2.45, 2.75) is 146 Å². The average Bonchev–Trinajstić information content (AvgIpc) is 1.60. The summed E-state index contributed by atoms with van der Waals surface area (Å²) in [6.45, 7) is 2.89. The third-order valence-corrected chi connectivity index (χ3v) is 18.3. The molecule has 3 aliphatic rings. The average molecular weight is 1460 g/mol. The Morgan fingerprint density at radius 2 is 1.35 bits per heavy atom. The number of hydrogen-bond donors (Lipinski definition) is 10. The maximum Gasteiger partial charge on any atom is 0.262 e. The number of halogens is 1. The summed E-state index contributed by atoms with van der Waals surface area (Å²) < 4.78 is 28.8. The summed E-state index contributed by atoms with van der Waals surface area (Å²) >= 11 is 0. The second kappa shape index (κ2) is 37.4. The molecule has 0 saturated carbocycles. The molecule has 562 valence electrons. The largest absolute Gasteiger partial charge is 0.379 e. The Kier molecular flexibility index (Phi) is 27.9. The minimum Gasteiger partial charge on any atom is -0.379 e. The van der Waals surface area contributed by atoms with Gasteiger partial charge in [0.1, 0.15) is 30.0 Å². The normalized spacial score (nSPS) is 21.2. The fourth-order valence-corrected chi connectivity index (χ4v) is 12.9. The number of carbonyl (C=O) groups is 14. The summed E-state index contributed by atoms with van der Waals surface area (Å²) in [6.07, 6.45) is 2.35. The van der Waals surface area contributed by atoms with Crippen molar-refractivity contribution in [1.82, 2.24) is 67.0 Å². The Morgan fingerprint density at radius 3 is 2.08 bits per heavy atom. The van der Waals surface area contributed by atoms with E-state index in [2.05, 4.69) is 52.8 Å². The number of para-hydroxylation sites is 1. The van der Waals surface area contributed by atoms with Crippen LogP contribution in [0.3, 0.4) is 0 Å². The first kappa shape index (κ1) is 78.9. The highest BCUT2D eigenvalue weighted by Crippen LogP contribution is 2.31. The van der Waals surface area contributed by atoms with E-state index in [1.807, 2.05) is 35.9 Å². The number of rotatable bonds is 24. The summed E-state index contributed by atoms with van der Waals surface area (Å²) in [5, 5.41) is 29.8. The lowest BCUT2D eigenvalue weighted by Gasteiger charge is -2.27. The lowest BCUT2D eigenvalue weighted by atomic mass is 9.88. The van der Waals surface area contributed by atoms with Gasteiger partial charge in [0.25, 0.3) is 23.6 Å². The molecule has 12 N–H and O–H groups in total. The summed E-state index contributed by atoms with van der Waals surface area (Å²) in [7, 11) is 1.82. The third kappa shape index (κ3) is 21.7. The van der Waals surface area contributed by atoms with Crippen molar-refractivity contribution < 1.29 is 81.0 Å². The zero-order valence-corrected chi connectivity index (χ0v) is 59.0. The van der Waals surface area contributed by atoms with Crippen LogP contribution in [0.2, 0.25) is 0 Å². The number of nitrogens with one attached hydrogen (secondary N) is 8. The van der Waals surface area contributed by atoms with E-state index in [-0.39, 0.29) is 132 Å². The predicted octanol–water partition coefficient (Wildman–Crippen LogP) is 0.0902. The van der Waals surface area contributed by atoms with Gasteiger partial charge in [-0.2, -0.15) is 0 Å². The van der Waals surface area contributed by atoms with E-state index < -0.39 is 149 Å². The van der Waals surface area contributed by atoms with Crippen LogP contribution < -0.4 is 54.0 Å². The lowest BCUT2D eigenvalue weighted by molar-refractivity contribution is -0.139. The van der Waals surface area contributed by atoms with E-state index in [0.717, 1.165) is 15.8 Å². The number of imide groups is 2. The topological polar surface area (TPSA) is 445 Å². The molecule has 2 aromatic heterocycles. The number of aryl methyl sites for hydroxylation is 2. The fraction of sp³-hybridized carbons (Fsp3) is 0.432. The van der Waals surface area contributed by atoms with Crippen molar-refractivity contribution in [3.05, 3.63) is 154 Å². The van der Waals surface area contributed by atoms with E-state index in [0.29, 0.717) is 29.5 Å². The number of ether oxygens (including phenoxy) is 2. The molecule has 6 aromatic rings. The molecule has 1 saturated heterocycles. The van der Waals surface area contributed by atoms with Gasteiger partial charge in [-0.3, -0.25) is 82.0 Å². The highest BCUT2D eigenvalue weighted by Gasteiger charge is 2.46. The number of primary amides is 1. The van der Waals surface area contributed by atoms with Gasteiger partial charge in [0, 0.05) is 94.3 Å². The smallest absolute Gasteiger partial charge is 0.262 e. The summed E-state index contributed by atoms with van der Waals surface area (Å²) in [4.78, 5) is 193. The van der Waals surface area contributed by atoms with Gasteiger partial charge in [0.05, 0.1) is 61.9 Å². The molecule has 1 fully saturated rings. The van der Waals surface area contributed by atoms with E-state index in [1.165, 1.54) is 53.3 Å². The minimum absolute atomic E-state index is 0.00940. The molecular formula is C74H88FN15O16. The zero-order valence-electron chi connectivity index (χ0n) is 59.0. The zero-order chi connectivity index (χ0) is 76.1. The molecule has 3 aliphatic heterocycles. The van der Waals surface area contributed by atoms with Crippen LogP contribution >= 0.6 is 0 Å². The molecule has 4 aromatic carbocycles. The standard InChI is InChI=1S/C74H88FN15O16/c1-42(2)32-55-60(92)37-46(33-43-12-5-4-6-13-43)66(96)82-57(36-47-40-88(3)58-18-8-7-15-51(47)58)69(99)83-56(34-44-19-21-48(75)22-20-44)68(98)80-54(65(77)95)17-9-10-27-89-41-49(86-87-89)38-53(76)67(97)85-64(72(102)81-55)71(101)78-26-29-106-31-30-105-28-25-61(93)79-39-50(91)35-45-14-11-16-52-63(45)74(104)90(73(52)103)59-23-24-62(94)84-70(59)100/h4-8,11-16,18-22,40-42,46,53-57,59,64H,9-10,17,23-39,76H2,1-3H3,(H2,77,95)(H,78,101)(H,79,93)(H,80,98)(H,81,102)(H,82,96)(H,83,99)(H,85,97)(H,84,94,100)/t46-,53-,54-,55+,56+,57+,59?,64+/m0/s1. The molecule has 0 spiro atoms. The molecule has 106 heavy (non-hydrogen) atoms. The number of aromatic nitrogens is 4. The van der Waals surface area contributed by atoms with Crippen LogP contribution in [-0.4, -0.2) is 189 Å². The third-order valence-electron chi connectivity index (χ3n) is 18.3. The van der Waals surface area contributed by atoms with E-state index in [4.69, 9.17) is 20.9 Å². The van der Waals surface area contributed by atoms with Crippen LogP contribution in [0.1, 0.15) is 114 Å². The number of ketones is 2. The van der Waals surface area contributed by atoms with Gasteiger partial charge in [-0.05, 0) is 91.0 Å². The Balaban J connectivity index is 0.863. The number of amides is 12. The fourth-order valence-electron chi connectivity index (χ4n) is 12.9. The van der Waals surface area contributed by atoms with Crippen LogP contribution in [0.4, 0.5) is 4.39 Å². The summed E-state index contributed by atoms with van der Waals surface area (Å²) in [5.41, 5.74) is 15.3. The molecule has 8 atom stereocenters. The Hall–Kier alpha value is -11.3. The van der Waals surface area contributed by atoms with Gasteiger partial charge < -0.3 is 62.7 Å².